The Morgan fingerprint density at radius 2 is 1.75 bits per heavy atom. The molecule has 1 unspecified atom stereocenters. The highest BCUT2D eigenvalue weighted by Crippen LogP contribution is 2.31. The van der Waals surface area contributed by atoms with Gasteiger partial charge < -0.3 is 4.90 Å². The largest absolute Gasteiger partial charge is 0.308 e. The number of halogens is 5. The normalized spacial score (nSPS) is 19.8. The third kappa shape index (κ3) is 2.47. The molecule has 1 aromatic rings. The SMILES string of the molecule is O=C1CC(S(=O)(=O)Cl)CN1c1cc(F)c(F)c(F)c1F. The zero-order valence-corrected chi connectivity index (χ0v) is 11.1. The van der Waals surface area contributed by atoms with Gasteiger partial charge in [0.25, 0.3) is 0 Å². The molecular weight excluding hydrogens is 326 g/mol. The van der Waals surface area contributed by atoms with Crippen LogP contribution in [0.15, 0.2) is 6.07 Å². The highest BCUT2D eigenvalue weighted by molar-refractivity contribution is 8.14. The van der Waals surface area contributed by atoms with E-state index in [0.717, 1.165) is 0 Å². The van der Waals surface area contributed by atoms with Gasteiger partial charge in [0, 0.05) is 29.7 Å². The first-order valence-corrected chi connectivity index (χ1v) is 7.57. The van der Waals surface area contributed by atoms with Crippen LogP contribution in [0.25, 0.3) is 0 Å². The zero-order valence-electron chi connectivity index (χ0n) is 9.54. The van der Waals surface area contributed by atoms with E-state index in [1.165, 1.54) is 0 Å². The van der Waals surface area contributed by atoms with Crippen LogP contribution in [0.5, 0.6) is 0 Å². The summed E-state index contributed by atoms with van der Waals surface area (Å²) in [7, 11) is 0.985. The van der Waals surface area contributed by atoms with E-state index < -0.39 is 62.1 Å². The molecule has 110 valence electrons. The van der Waals surface area contributed by atoms with Gasteiger partial charge in [0.2, 0.25) is 15.0 Å². The maximum Gasteiger partial charge on any atom is 0.237 e. The van der Waals surface area contributed by atoms with Crippen molar-refractivity contribution < 1.29 is 30.8 Å². The molecule has 0 aliphatic carbocycles. The molecule has 1 amide bonds. The van der Waals surface area contributed by atoms with Gasteiger partial charge in [-0.05, 0) is 0 Å². The molecule has 1 fully saturated rings. The summed E-state index contributed by atoms with van der Waals surface area (Å²) in [4.78, 5) is 12.1. The average Bonchev–Trinajstić information content (AvgIpc) is 2.73. The number of hydrogen-bond acceptors (Lipinski definition) is 3. The van der Waals surface area contributed by atoms with E-state index >= 15 is 0 Å². The van der Waals surface area contributed by atoms with Gasteiger partial charge in [-0.15, -0.1) is 0 Å². The number of hydrogen-bond donors (Lipinski definition) is 0. The van der Waals surface area contributed by atoms with Crippen LogP contribution >= 0.6 is 10.7 Å². The zero-order chi connectivity index (χ0) is 15.2. The average molecular weight is 332 g/mol. The fraction of sp³-hybridized carbons (Fsp3) is 0.300. The van der Waals surface area contributed by atoms with Gasteiger partial charge in [-0.2, -0.15) is 0 Å². The van der Waals surface area contributed by atoms with Crippen LogP contribution in [0.2, 0.25) is 0 Å². The molecule has 0 bridgehead atoms. The number of benzene rings is 1. The van der Waals surface area contributed by atoms with Gasteiger partial charge in [0.1, 0.15) is 5.25 Å². The van der Waals surface area contributed by atoms with Gasteiger partial charge >= 0.3 is 0 Å². The minimum Gasteiger partial charge on any atom is -0.308 e. The molecule has 1 aliphatic heterocycles. The summed E-state index contributed by atoms with van der Waals surface area (Å²) in [6.07, 6.45) is -0.550. The van der Waals surface area contributed by atoms with Gasteiger partial charge in [-0.25, -0.2) is 26.0 Å². The van der Waals surface area contributed by atoms with Crippen molar-refractivity contribution in [2.45, 2.75) is 11.7 Å². The van der Waals surface area contributed by atoms with Gasteiger partial charge in [0.15, 0.2) is 23.3 Å². The van der Waals surface area contributed by atoms with Crippen molar-refractivity contribution in [3.05, 3.63) is 29.3 Å². The van der Waals surface area contributed by atoms with Crippen molar-refractivity contribution in [1.82, 2.24) is 0 Å². The lowest BCUT2D eigenvalue weighted by atomic mass is 10.2. The second kappa shape index (κ2) is 4.88. The van der Waals surface area contributed by atoms with E-state index in [1.54, 1.807) is 0 Å². The number of amides is 1. The third-order valence-electron chi connectivity index (χ3n) is 2.86. The molecule has 0 saturated carbocycles. The topological polar surface area (TPSA) is 54.5 Å². The Balaban J connectivity index is 2.46. The fourth-order valence-corrected chi connectivity index (χ4v) is 2.88. The monoisotopic (exact) mass is 331 g/mol. The van der Waals surface area contributed by atoms with Crippen LogP contribution < -0.4 is 4.90 Å². The van der Waals surface area contributed by atoms with Crippen molar-refractivity contribution >= 4 is 31.3 Å². The van der Waals surface area contributed by atoms with Crippen molar-refractivity contribution in [2.75, 3.05) is 11.4 Å². The van der Waals surface area contributed by atoms with Gasteiger partial charge in [-0.1, -0.05) is 0 Å². The molecule has 1 aliphatic rings. The molecule has 0 radical (unpaired) electrons. The minimum absolute atomic E-state index is 0.287. The summed E-state index contributed by atoms with van der Waals surface area (Å²) in [5, 5.41) is -1.33. The van der Waals surface area contributed by atoms with E-state index in [1.807, 2.05) is 0 Å². The predicted octanol–water partition coefficient (Wildman–Crippen LogP) is 1.92. The molecule has 0 N–H and O–H groups in total. The summed E-state index contributed by atoms with van der Waals surface area (Å²) in [5.74, 6) is -8.44. The van der Waals surface area contributed by atoms with E-state index in [0.29, 0.717) is 4.90 Å². The Morgan fingerprint density at radius 3 is 2.25 bits per heavy atom. The van der Waals surface area contributed by atoms with Crippen LogP contribution in [-0.2, 0) is 13.8 Å². The molecule has 1 atom stereocenters. The molecule has 10 heteroatoms. The maximum absolute atomic E-state index is 13.5. The first-order valence-electron chi connectivity index (χ1n) is 5.19. The van der Waals surface area contributed by atoms with Gasteiger partial charge in [0.05, 0.1) is 5.69 Å². The van der Waals surface area contributed by atoms with Crippen molar-refractivity contribution in [3.8, 4) is 0 Å². The third-order valence-corrected chi connectivity index (χ3v) is 4.73. The Hall–Kier alpha value is -1.35. The Morgan fingerprint density at radius 1 is 1.15 bits per heavy atom. The standard InChI is InChI=1S/C10H6ClF4NO3S/c11-20(18,19)4-1-7(17)16(3-4)6-2-5(12)8(13)10(15)9(6)14/h2,4H,1,3H2. The van der Waals surface area contributed by atoms with E-state index in [9.17, 15) is 30.8 Å². The molecule has 4 nitrogen and oxygen atoms in total. The molecule has 2 rings (SSSR count). The van der Waals surface area contributed by atoms with Gasteiger partial charge in [-0.3, -0.25) is 4.79 Å². The first-order chi connectivity index (χ1) is 9.12. The van der Waals surface area contributed by atoms with Crippen molar-refractivity contribution in [3.63, 3.8) is 0 Å². The number of carbonyl (C=O) groups excluding carboxylic acids is 1. The molecule has 0 spiro atoms. The highest BCUT2D eigenvalue weighted by Gasteiger charge is 2.39. The maximum atomic E-state index is 13.5. The number of carbonyl (C=O) groups is 1. The molecule has 0 aromatic heterocycles. The van der Waals surface area contributed by atoms with E-state index in [2.05, 4.69) is 0 Å². The number of nitrogens with zero attached hydrogens (tertiary/aromatic N) is 1. The summed E-state index contributed by atoms with van der Waals surface area (Å²) < 4.78 is 74.7. The lowest BCUT2D eigenvalue weighted by Gasteiger charge is -2.17. The van der Waals surface area contributed by atoms with Crippen LogP contribution in [0.1, 0.15) is 6.42 Å². The van der Waals surface area contributed by atoms with Crippen LogP contribution in [0.3, 0.4) is 0 Å². The second-order valence-corrected chi connectivity index (χ2v) is 7.03. The first kappa shape index (κ1) is 15.0. The minimum atomic E-state index is -4.09. The summed E-state index contributed by atoms with van der Waals surface area (Å²) >= 11 is 0. The summed E-state index contributed by atoms with van der Waals surface area (Å²) in [6, 6.07) is 0.287. The van der Waals surface area contributed by atoms with Crippen molar-refractivity contribution in [2.24, 2.45) is 0 Å². The quantitative estimate of drug-likeness (QED) is 0.360. The number of rotatable bonds is 2. The molecule has 1 heterocycles. The molecule has 1 aromatic carbocycles. The second-order valence-electron chi connectivity index (χ2n) is 4.13. The molecule has 1 saturated heterocycles. The smallest absolute Gasteiger partial charge is 0.237 e. The van der Waals surface area contributed by atoms with Crippen molar-refractivity contribution in [1.29, 1.82) is 0 Å². The highest BCUT2D eigenvalue weighted by atomic mass is 35.7. The van der Waals surface area contributed by atoms with Crippen LogP contribution in [0.4, 0.5) is 23.2 Å². The lowest BCUT2D eigenvalue weighted by Crippen LogP contribution is -2.28. The fourth-order valence-electron chi connectivity index (χ4n) is 1.85. The van der Waals surface area contributed by atoms with Crippen LogP contribution in [-0.4, -0.2) is 26.1 Å². The molecule has 20 heavy (non-hydrogen) atoms. The van der Waals surface area contributed by atoms with E-state index in [4.69, 9.17) is 10.7 Å². The Kier molecular flexibility index (Phi) is 3.67. The Labute approximate surface area is 115 Å². The summed E-state index contributed by atoms with van der Waals surface area (Å²) in [6.45, 7) is -0.563. The lowest BCUT2D eigenvalue weighted by molar-refractivity contribution is -0.117. The van der Waals surface area contributed by atoms with E-state index in [-0.39, 0.29) is 6.07 Å². The molecular formula is C10H6ClF4NO3S. The number of anilines is 1. The summed E-state index contributed by atoms with van der Waals surface area (Å²) in [5.41, 5.74) is -0.866. The Bertz CT molecular complexity index is 694. The van der Waals surface area contributed by atoms with Crippen LogP contribution in [0, 0.1) is 23.3 Å². The predicted molar refractivity (Wildman–Crippen MR) is 61.8 cm³/mol.